The molecular weight excluding hydrogens is 437 g/mol. The van der Waals surface area contributed by atoms with Crippen molar-refractivity contribution in [1.82, 2.24) is 4.98 Å². The van der Waals surface area contributed by atoms with Gasteiger partial charge in [-0.15, -0.1) is 13.2 Å². The van der Waals surface area contributed by atoms with Crippen molar-refractivity contribution < 1.29 is 27.5 Å². The van der Waals surface area contributed by atoms with Crippen LogP contribution < -0.4 is 20.7 Å². The van der Waals surface area contributed by atoms with Gasteiger partial charge in [-0.3, -0.25) is 9.78 Å². The van der Waals surface area contributed by atoms with Crippen LogP contribution >= 0.6 is 0 Å². The van der Waals surface area contributed by atoms with E-state index in [0.717, 1.165) is 23.3 Å². The molecule has 1 heterocycles. The van der Waals surface area contributed by atoms with Crippen LogP contribution in [0, 0.1) is 6.92 Å². The summed E-state index contributed by atoms with van der Waals surface area (Å²) in [5.41, 5.74) is 2.73. The smallest absolute Gasteiger partial charge is 0.406 e. The minimum absolute atomic E-state index is 0.267. The number of nitrogens with one attached hydrogen (secondary N) is 3. The first kappa shape index (κ1) is 23.3. The molecule has 0 bridgehead atoms. The van der Waals surface area contributed by atoms with Crippen molar-refractivity contribution in [2.24, 2.45) is 0 Å². The molecule has 0 atom stereocenters. The first-order valence-electron chi connectivity index (χ1n) is 9.61. The average Bonchev–Trinajstić information content (AvgIpc) is 2.76. The highest BCUT2D eigenvalue weighted by Gasteiger charge is 2.30. The fraction of sp³-hybridized carbons (Fsp3) is 0.0870. The Labute approximate surface area is 187 Å². The van der Waals surface area contributed by atoms with Crippen LogP contribution in [-0.2, 0) is 4.79 Å². The van der Waals surface area contributed by atoms with Gasteiger partial charge in [0.15, 0.2) is 0 Å². The van der Waals surface area contributed by atoms with Crippen molar-refractivity contribution in [3.63, 3.8) is 0 Å². The van der Waals surface area contributed by atoms with E-state index in [1.54, 1.807) is 49.7 Å². The highest BCUT2D eigenvalue weighted by molar-refractivity contribution is 6.03. The number of pyridine rings is 1. The van der Waals surface area contributed by atoms with E-state index >= 15 is 0 Å². The molecule has 170 valence electrons. The molecule has 0 saturated carbocycles. The lowest BCUT2D eigenvalue weighted by Crippen LogP contribution is -2.20. The van der Waals surface area contributed by atoms with Crippen LogP contribution in [0.4, 0.5) is 35.0 Å². The first-order valence-corrected chi connectivity index (χ1v) is 9.61. The average molecular weight is 456 g/mol. The summed E-state index contributed by atoms with van der Waals surface area (Å²) in [6, 6.07) is 12.6. The van der Waals surface area contributed by atoms with Crippen molar-refractivity contribution in [3.05, 3.63) is 84.2 Å². The minimum Gasteiger partial charge on any atom is -0.406 e. The summed E-state index contributed by atoms with van der Waals surface area (Å²) in [7, 11) is 0. The third-order valence-corrected chi connectivity index (χ3v) is 4.21. The van der Waals surface area contributed by atoms with E-state index in [9.17, 15) is 22.8 Å². The lowest BCUT2D eigenvalue weighted by molar-refractivity contribution is -0.274. The van der Waals surface area contributed by atoms with Crippen molar-refractivity contribution >= 4 is 35.1 Å². The fourth-order valence-electron chi connectivity index (χ4n) is 2.69. The number of alkyl halides is 3. The number of hydrogen-bond acceptors (Lipinski definition) is 4. The van der Waals surface area contributed by atoms with Crippen LogP contribution in [0.3, 0.4) is 0 Å². The summed E-state index contributed by atoms with van der Waals surface area (Å²) < 4.78 is 40.4. The maximum absolute atomic E-state index is 12.2. The Kier molecular flexibility index (Phi) is 7.29. The quantitative estimate of drug-likeness (QED) is 0.422. The van der Waals surface area contributed by atoms with Crippen molar-refractivity contribution in [2.45, 2.75) is 13.3 Å². The van der Waals surface area contributed by atoms with Crippen molar-refractivity contribution in [2.75, 3.05) is 16.0 Å². The molecule has 0 aliphatic carbocycles. The van der Waals surface area contributed by atoms with Gasteiger partial charge in [0.1, 0.15) is 5.75 Å². The van der Waals surface area contributed by atoms with Gasteiger partial charge in [0, 0.05) is 35.5 Å². The van der Waals surface area contributed by atoms with Gasteiger partial charge in [-0.2, -0.15) is 0 Å². The number of aromatic nitrogens is 1. The van der Waals surface area contributed by atoms with E-state index in [2.05, 4.69) is 25.7 Å². The van der Waals surface area contributed by atoms with Crippen LogP contribution in [0.5, 0.6) is 5.75 Å². The summed E-state index contributed by atoms with van der Waals surface area (Å²) >= 11 is 0. The Morgan fingerprint density at radius 3 is 2.33 bits per heavy atom. The van der Waals surface area contributed by atoms with Gasteiger partial charge in [-0.25, -0.2) is 4.79 Å². The number of anilines is 3. The number of carbonyl (C=O) groups excluding carboxylic acids is 2. The zero-order valence-electron chi connectivity index (χ0n) is 17.3. The number of aryl methyl sites for hydroxylation is 1. The molecule has 3 rings (SSSR count). The molecule has 0 fully saturated rings. The monoisotopic (exact) mass is 456 g/mol. The topological polar surface area (TPSA) is 92.4 Å². The second-order valence-electron chi connectivity index (χ2n) is 6.79. The third kappa shape index (κ3) is 7.69. The lowest BCUT2D eigenvalue weighted by atomic mass is 10.1. The predicted molar refractivity (Wildman–Crippen MR) is 119 cm³/mol. The summed E-state index contributed by atoms with van der Waals surface area (Å²) in [6.45, 7) is 1.80. The molecule has 10 heteroatoms. The Morgan fingerprint density at radius 1 is 0.970 bits per heavy atom. The number of halogens is 3. The molecule has 0 saturated heterocycles. The number of carbonyl (C=O) groups is 2. The van der Waals surface area contributed by atoms with Gasteiger partial charge in [0.25, 0.3) is 0 Å². The van der Waals surface area contributed by atoms with Crippen molar-refractivity contribution in [1.29, 1.82) is 0 Å². The summed E-state index contributed by atoms with van der Waals surface area (Å²) in [6.07, 6.45) is 1.45. The fourth-order valence-corrected chi connectivity index (χ4v) is 2.69. The highest BCUT2D eigenvalue weighted by atomic mass is 19.4. The van der Waals surface area contributed by atoms with Gasteiger partial charge in [-0.05, 0) is 66.6 Å². The highest BCUT2D eigenvalue weighted by Crippen LogP contribution is 2.24. The van der Waals surface area contributed by atoms with Gasteiger partial charge < -0.3 is 20.7 Å². The zero-order valence-corrected chi connectivity index (χ0v) is 17.3. The molecule has 2 aromatic carbocycles. The molecule has 0 radical (unpaired) electrons. The minimum atomic E-state index is -4.79. The number of ether oxygens (including phenoxy) is 1. The molecule has 1 aromatic heterocycles. The summed E-state index contributed by atoms with van der Waals surface area (Å²) in [5, 5.41) is 7.85. The van der Waals surface area contributed by atoms with E-state index in [0.29, 0.717) is 11.4 Å². The first-order chi connectivity index (χ1) is 15.7. The van der Waals surface area contributed by atoms with Gasteiger partial charge in [0.2, 0.25) is 5.91 Å². The molecule has 0 aliphatic heterocycles. The molecular formula is C23H19F3N4O3. The number of urea groups is 1. The van der Waals surface area contributed by atoms with E-state index in [1.165, 1.54) is 18.2 Å². The largest absolute Gasteiger partial charge is 0.573 e. The van der Waals surface area contributed by atoms with Crippen LogP contribution in [0.1, 0.15) is 11.1 Å². The summed E-state index contributed by atoms with van der Waals surface area (Å²) in [5.74, 6) is -0.755. The third-order valence-electron chi connectivity index (χ3n) is 4.21. The van der Waals surface area contributed by atoms with Crippen LogP contribution in [0.2, 0.25) is 0 Å². The van der Waals surface area contributed by atoms with E-state index < -0.39 is 18.1 Å². The Bertz CT molecular complexity index is 1150. The van der Waals surface area contributed by atoms with Crippen LogP contribution in [0.25, 0.3) is 6.08 Å². The van der Waals surface area contributed by atoms with Crippen LogP contribution in [0.15, 0.2) is 73.1 Å². The normalized spacial score (nSPS) is 11.2. The molecule has 3 amide bonds. The van der Waals surface area contributed by atoms with Gasteiger partial charge in [0.05, 0.1) is 0 Å². The zero-order chi connectivity index (χ0) is 23.8. The second-order valence-corrected chi connectivity index (χ2v) is 6.79. The van der Waals surface area contributed by atoms with Crippen molar-refractivity contribution in [3.8, 4) is 5.75 Å². The molecule has 0 aliphatic rings. The molecule has 3 N–H and O–H groups in total. The number of nitrogens with zero attached hydrogens (tertiary/aromatic N) is 1. The Hall–Kier alpha value is -4.34. The number of rotatable bonds is 6. The number of amides is 3. The standard InChI is InChI=1S/C23H19F3N4O3/c1-15-4-6-18(13-20(15)30-21(31)11-5-16-3-2-12-27-14-16)29-22(32)28-17-7-9-19(10-8-17)33-23(24,25)26/h2-14H,1H3,(H,30,31)(H2,28,29,32)/b11-5+. The maximum Gasteiger partial charge on any atom is 0.573 e. The van der Waals surface area contributed by atoms with Gasteiger partial charge >= 0.3 is 12.4 Å². The Morgan fingerprint density at radius 2 is 1.67 bits per heavy atom. The Balaban J connectivity index is 1.59. The summed E-state index contributed by atoms with van der Waals surface area (Å²) in [4.78, 5) is 28.4. The van der Waals surface area contributed by atoms with E-state index in [1.807, 2.05) is 6.07 Å². The number of hydrogen-bond donors (Lipinski definition) is 3. The van der Waals surface area contributed by atoms with E-state index in [-0.39, 0.29) is 11.6 Å². The molecule has 0 unspecified atom stereocenters. The molecule has 7 nitrogen and oxygen atoms in total. The molecule has 0 spiro atoms. The second kappa shape index (κ2) is 10.3. The lowest BCUT2D eigenvalue weighted by Gasteiger charge is -2.12. The van der Waals surface area contributed by atoms with Gasteiger partial charge in [-0.1, -0.05) is 12.1 Å². The SMILES string of the molecule is Cc1ccc(NC(=O)Nc2ccc(OC(F)(F)F)cc2)cc1NC(=O)/C=C/c1cccnc1. The maximum atomic E-state index is 12.2. The molecule has 3 aromatic rings. The molecule has 33 heavy (non-hydrogen) atoms. The predicted octanol–water partition coefficient (Wildman–Crippen LogP) is 5.58. The number of benzene rings is 2. The van der Waals surface area contributed by atoms with Crippen LogP contribution in [-0.4, -0.2) is 23.3 Å². The van der Waals surface area contributed by atoms with E-state index in [4.69, 9.17) is 0 Å².